The highest BCUT2D eigenvalue weighted by molar-refractivity contribution is 5.98. The fourth-order valence-electron chi connectivity index (χ4n) is 1.17. The Hall–Kier alpha value is -1.32. The molecule has 0 aliphatic heterocycles. The molecule has 4 nitrogen and oxygen atoms in total. The van der Waals surface area contributed by atoms with Crippen molar-refractivity contribution in [3.63, 3.8) is 0 Å². The normalized spacial score (nSPS) is 12.1. The highest BCUT2D eigenvalue weighted by Gasteiger charge is 2.07. The second-order valence-corrected chi connectivity index (χ2v) is 2.64. The van der Waals surface area contributed by atoms with Crippen LogP contribution in [0.15, 0.2) is 11.4 Å². The third kappa shape index (κ3) is 1.32. The van der Waals surface area contributed by atoms with Crippen molar-refractivity contribution in [2.45, 2.75) is 27.3 Å². The maximum Gasteiger partial charge on any atom is 0.0871 e. The molecule has 1 N–H and O–H groups in total. The van der Waals surface area contributed by atoms with Gasteiger partial charge in [-0.3, -0.25) is 4.68 Å². The van der Waals surface area contributed by atoms with Crippen LogP contribution in [-0.2, 0) is 6.54 Å². The van der Waals surface area contributed by atoms with Gasteiger partial charge in [0.15, 0.2) is 0 Å². The van der Waals surface area contributed by atoms with E-state index in [2.05, 4.69) is 10.3 Å². The SMILES string of the molecule is CCn1ncc(/C(C)=N\O)c1C. The molecule has 4 heteroatoms. The molecule has 0 saturated carbocycles. The van der Waals surface area contributed by atoms with Crippen molar-refractivity contribution in [1.82, 2.24) is 9.78 Å². The Morgan fingerprint density at radius 1 is 1.75 bits per heavy atom. The van der Waals surface area contributed by atoms with Crippen LogP contribution in [0.1, 0.15) is 25.1 Å². The molecule has 0 aliphatic rings. The molecule has 0 spiro atoms. The van der Waals surface area contributed by atoms with E-state index in [0.717, 1.165) is 17.8 Å². The Bertz CT molecular complexity index is 301. The molecule has 1 rings (SSSR count). The van der Waals surface area contributed by atoms with Gasteiger partial charge in [-0.25, -0.2) is 0 Å². The molecular weight excluding hydrogens is 154 g/mol. The molecule has 1 aromatic rings. The van der Waals surface area contributed by atoms with E-state index in [0.29, 0.717) is 5.71 Å². The first-order valence-electron chi connectivity index (χ1n) is 3.92. The van der Waals surface area contributed by atoms with Gasteiger partial charge in [0.05, 0.1) is 11.9 Å². The lowest BCUT2D eigenvalue weighted by Gasteiger charge is -1.99. The maximum atomic E-state index is 8.55. The van der Waals surface area contributed by atoms with Crippen molar-refractivity contribution in [2.75, 3.05) is 0 Å². The molecule has 1 aromatic heterocycles. The largest absolute Gasteiger partial charge is 0.411 e. The molecule has 0 aliphatic carbocycles. The summed E-state index contributed by atoms with van der Waals surface area (Å²) in [6.45, 7) is 6.57. The third-order valence-electron chi connectivity index (χ3n) is 1.94. The zero-order valence-electron chi connectivity index (χ0n) is 7.57. The second kappa shape index (κ2) is 3.38. The molecule has 0 fully saturated rings. The zero-order valence-corrected chi connectivity index (χ0v) is 7.57. The van der Waals surface area contributed by atoms with Crippen LogP contribution in [0.4, 0.5) is 0 Å². The smallest absolute Gasteiger partial charge is 0.0871 e. The first-order chi connectivity index (χ1) is 5.70. The summed E-state index contributed by atoms with van der Waals surface area (Å²) in [7, 11) is 0. The van der Waals surface area contributed by atoms with E-state index in [1.165, 1.54) is 0 Å². The molecule has 0 aromatic carbocycles. The number of hydrogen-bond donors (Lipinski definition) is 1. The Labute approximate surface area is 71.5 Å². The van der Waals surface area contributed by atoms with Crippen LogP contribution in [0.5, 0.6) is 0 Å². The van der Waals surface area contributed by atoms with Crippen molar-refractivity contribution >= 4 is 5.71 Å². The molecule has 0 radical (unpaired) electrons. The number of aryl methyl sites for hydroxylation is 1. The van der Waals surface area contributed by atoms with Gasteiger partial charge in [0, 0.05) is 17.8 Å². The Kier molecular flexibility index (Phi) is 2.47. The number of hydrogen-bond acceptors (Lipinski definition) is 3. The molecule has 12 heavy (non-hydrogen) atoms. The van der Waals surface area contributed by atoms with E-state index in [-0.39, 0.29) is 0 Å². The monoisotopic (exact) mass is 167 g/mol. The van der Waals surface area contributed by atoms with Crippen LogP contribution >= 0.6 is 0 Å². The van der Waals surface area contributed by atoms with E-state index in [4.69, 9.17) is 5.21 Å². The first-order valence-corrected chi connectivity index (χ1v) is 3.92. The van der Waals surface area contributed by atoms with Crippen molar-refractivity contribution in [2.24, 2.45) is 5.16 Å². The van der Waals surface area contributed by atoms with Crippen LogP contribution in [0, 0.1) is 6.92 Å². The van der Waals surface area contributed by atoms with Crippen molar-refractivity contribution < 1.29 is 5.21 Å². The molecule has 0 amide bonds. The summed E-state index contributed by atoms with van der Waals surface area (Å²) in [5.41, 5.74) is 2.54. The molecule has 1 heterocycles. The zero-order chi connectivity index (χ0) is 9.14. The van der Waals surface area contributed by atoms with Gasteiger partial charge in [0.25, 0.3) is 0 Å². The van der Waals surface area contributed by atoms with Crippen molar-refractivity contribution in [3.8, 4) is 0 Å². The van der Waals surface area contributed by atoms with Gasteiger partial charge >= 0.3 is 0 Å². The van der Waals surface area contributed by atoms with Gasteiger partial charge in [-0.05, 0) is 20.8 Å². The topological polar surface area (TPSA) is 50.4 Å². The second-order valence-electron chi connectivity index (χ2n) is 2.64. The minimum absolute atomic E-state index is 0.604. The predicted molar refractivity (Wildman–Crippen MR) is 46.6 cm³/mol. The lowest BCUT2D eigenvalue weighted by atomic mass is 10.2. The summed E-state index contributed by atoms with van der Waals surface area (Å²) in [6.07, 6.45) is 1.72. The van der Waals surface area contributed by atoms with Crippen LogP contribution in [0.2, 0.25) is 0 Å². The number of aromatic nitrogens is 2. The fourth-order valence-corrected chi connectivity index (χ4v) is 1.17. The maximum absolute atomic E-state index is 8.55. The van der Waals surface area contributed by atoms with Crippen LogP contribution < -0.4 is 0 Å². The van der Waals surface area contributed by atoms with E-state index in [1.54, 1.807) is 13.1 Å². The Morgan fingerprint density at radius 3 is 2.83 bits per heavy atom. The lowest BCUT2D eigenvalue weighted by molar-refractivity contribution is 0.319. The van der Waals surface area contributed by atoms with Crippen LogP contribution in [-0.4, -0.2) is 20.7 Å². The lowest BCUT2D eigenvalue weighted by Crippen LogP contribution is -2.01. The summed E-state index contributed by atoms with van der Waals surface area (Å²) in [4.78, 5) is 0. The highest BCUT2D eigenvalue weighted by atomic mass is 16.4. The molecule has 0 saturated heterocycles. The molecule has 0 unspecified atom stereocenters. The predicted octanol–water partition coefficient (Wildman–Crippen LogP) is 1.41. The summed E-state index contributed by atoms with van der Waals surface area (Å²) in [6, 6.07) is 0. The van der Waals surface area contributed by atoms with Crippen LogP contribution in [0.3, 0.4) is 0 Å². The van der Waals surface area contributed by atoms with Crippen molar-refractivity contribution in [3.05, 3.63) is 17.5 Å². The summed E-state index contributed by atoms with van der Waals surface area (Å²) in [5.74, 6) is 0. The molecule has 0 bridgehead atoms. The minimum atomic E-state index is 0.604. The van der Waals surface area contributed by atoms with E-state index < -0.39 is 0 Å². The Morgan fingerprint density at radius 2 is 2.42 bits per heavy atom. The van der Waals surface area contributed by atoms with Gasteiger partial charge < -0.3 is 5.21 Å². The van der Waals surface area contributed by atoms with E-state index in [1.807, 2.05) is 18.5 Å². The first kappa shape index (κ1) is 8.77. The Balaban J connectivity index is 3.10. The molecule has 66 valence electrons. The fraction of sp³-hybridized carbons (Fsp3) is 0.500. The quantitative estimate of drug-likeness (QED) is 0.411. The van der Waals surface area contributed by atoms with Crippen molar-refractivity contribution in [1.29, 1.82) is 0 Å². The van der Waals surface area contributed by atoms with Gasteiger partial charge in [-0.15, -0.1) is 0 Å². The minimum Gasteiger partial charge on any atom is -0.411 e. The summed E-state index contributed by atoms with van der Waals surface area (Å²) < 4.78 is 1.87. The standard InChI is InChI=1S/C8H13N3O/c1-4-11-7(3)8(5-9-11)6(2)10-12/h5,12H,4H2,1-3H3/b10-6-. The number of oxime groups is 1. The van der Waals surface area contributed by atoms with Gasteiger partial charge in [-0.1, -0.05) is 5.16 Å². The average molecular weight is 167 g/mol. The summed E-state index contributed by atoms with van der Waals surface area (Å²) in [5, 5.41) is 15.8. The van der Waals surface area contributed by atoms with E-state index >= 15 is 0 Å². The third-order valence-corrected chi connectivity index (χ3v) is 1.94. The van der Waals surface area contributed by atoms with Gasteiger partial charge in [0.2, 0.25) is 0 Å². The molecule has 0 atom stereocenters. The van der Waals surface area contributed by atoms with E-state index in [9.17, 15) is 0 Å². The van der Waals surface area contributed by atoms with Gasteiger partial charge in [0.1, 0.15) is 0 Å². The molecular formula is C8H13N3O. The average Bonchev–Trinajstić information content (AvgIpc) is 2.45. The summed E-state index contributed by atoms with van der Waals surface area (Å²) >= 11 is 0. The van der Waals surface area contributed by atoms with Crippen LogP contribution in [0.25, 0.3) is 0 Å². The number of nitrogens with zero attached hydrogens (tertiary/aromatic N) is 3. The highest BCUT2D eigenvalue weighted by Crippen LogP contribution is 2.07. The number of rotatable bonds is 2. The van der Waals surface area contributed by atoms with Gasteiger partial charge in [-0.2, -0.15) is 5.10 Å².